The minimum Gasteiger partial charge on any atom is -0.440 e. The number of nitrogens with two attached hydrogens (primary N) is 1. The lowest BCUT2D eigenvalue weighted by molar-refractivity contribution is 0.1000. The third-order valence-electron chi connectivity index (χ3n) is 3.07. The highest BCUT2D eigenvalue weighted by Gasteiger charge is 2.15. The van der Waals surface area contributed by atoms with Gasteiger partial charge in [0.2, 0.25) is 5.89 Å². The van der Waals surface area contributed by atoms with Crippen molar-refractivity contribution in [3.63, 3.8) is 0 Å². The van der Waals surface area contributed by atoms with Gasteiger partial charge in [0.1, 0.15) is 5.52 Å². The molecule has 0 saturated carbocycles. The highest BCUT2D eigenvalue weighted by atomic mass is 32.2. The third kappa shape index (κ3) is 2.62. The molecule has 2 aromatic rings. The quantitative estimate of drug-likeness (QED) is 0.864. The van der Waals surface area contributed by atoms with Crippen LogP contribution in [0.5, 0.6) is 0 Å². The van der Waals surface area contributed by atoms with Gasteiger partial charge in [-0.25, -0.2) is 4.98 Å². The summed E-state index contributed by atoms with van der Waals surface area (Å²) < 4.78 is 11.0. The van der Waals surface area contributed by atoms with Gasteiger partial charge in [-0.15, -0.1) is 11.8 Å². The zero-order valence-corrected chi connectivity index (χ0v) is 10.9. The molecule has 0 aliphatic carbocycles. The van der Waals surface area contributed by atoms with Crippen LogP contribution in [0.4, 0.5) is 5.69 Å². The number of ether oxygens (including phenoxy) is 1. The molecule has 0 bridgehead atoms. The topological polar surface area (TPSA) is 61.3 Å². The molecular weight excluding hydrogens is 248 g/mol. The molecule has 2 N–H and O–H groups in total. The summed E-state index contributed by atoms with van der Waals surface area (Å²) in [6.45, 7) is 1.75. The molecule has 1 saturated heterocycles. The highest BCUT2D eigenvalue weighted by Crippen LogP contribution is 2.27. The Balaban J connectivity index is 1.67. The van der Waals surface area contributed by atoms with E-state index >= 15 is 0 Å². The number of fused-ring (bicyclic) bond motifs is 1. The van der Waals surface area contributed by atoms with Crippen LogP contribution < -0.4 is 5.73 Å². The van der Waals surface area contributed by atoms with E-state index in [1.54, 1.807) is 0 Å². The average molecular weight is 264 g/mol. The van der Waals surface area contributed by atoms with Crippen molar-refractivity contribution in [3.05, 3.63) is 24.1 Å². The van der Waals surface area contributed by atoms with Gasteiger partial charge in [-0.3, -0.25) is 0 Å². The predicted molar refractivity (Wildman–Crippen MR) is 73.6 cm³/mol. The molecule has 0 atom stereocenters. The molecule has 1 aromatic heterocycles. The van der Waals surface area contributed by atoms with Crippen LogP contribution in [-0.2, 0) is 10.5 Å². The van der Waals surface area contributed by atoms with Gasteiger partial charge in [-0.2, -0.15) is 0 Å². The summed E-state index contributed by atoms with van der Waals surface area (Å²) in [5.41, 5.74) is 8.08. The van der Waals surface area contributed by atoms with E-state index in [1.807, 2.05) is 30.0 Å². The summed E-state index contributed by atoms with van der Waals surface area (Å²) in [6.07, 6.45) is 2.25. The second kappa shape index (κ2) is 5.20. The Kier molecular flexibility index (Phi) is 3.43. The molecule has 0 radical (unpaired) electrons. The van der Waals surface area contributed by atoms with E-state index in [9.17, 15) is 0 Å². The zero-order chi connectivity index (χ0) is 12.4. The molecule has 5 heteroatoms. The molecule has 1 aliphatic heterocycles. The summed E-state index contributed by atoms with van der Waals surface area (Å²) in [5, 5.41) is 0.666. The van der Waals surface area contributed by atoms with E-state index in [-0.39, 0.29) is 0 Å². The first kappa shape index (κ1) is 11.9. The maximum Gasteiger partial charge on any atom is 0.205 e. The maximum atomic E-state index is 5.72. The molecule has 1 aromatic carbocycles. The van der Waals surface area contributed by atoms with Gasteiger partial charge >= 0.3 is 0 Å². The number of hydrogen-bond donors (Lipinski definition) is 1. The van der Waals surface area contributed by atoms with E-state index in [0.29, 0.717) is 10.9 Å². The van der Waals surface area contributed by atoms with Gasteiger partial charge in [0.05, 0.1) is 5.75 Å². The summed E-state index contributed by atoms with van der Waals surface area (Å²) in [6, 6.07) is 5.57. The zero-order valence-electron chi connectivity index (χ0n) is 10.1. The monoisotopic (exact) mass is 264 g/mol. The van der Waals surface area contributed by atoms with Crippen LogP contribution in [0.15, 0.2) is 22.6 Å². The van der Waals surface area contributed by atoms with Crippen LogP contribution >= 0.6 is 11.8 Å². The van der Waals surface area contributed by atoms with Crippen LogP contribution in [0.25, 0.3) is 11.1 Å². The molecule has 1 aliphatic rings. The molecule has 96 valence electrons. The molecule has 0 spiro atoms. The number of thioether (sulfide) groups is 1. The van der Waals surface area contributed by atoms with Crippen LogP contribution in [0.3, 0.4) is 0 Å². The number of aromatic nitrogens is 1. The molecule has 0 amide bonds. The first-order valence-corrected chi connectivity index (χ1v) is 7.20. The van der Waals surface area contributed by atoms with Crippen LogP contribution in [0.2, 0.25) is 0 Å². The third-order valence-corrected chi connectivity index (χ3v) is 4.42. The van der Waals surface area contributed by atoms with Crippen molar-refractivity contribution >= 4 is 28.5 Å². The van der Waals surface area contributed by atoms with Crippen molar-refractivity contribution < 1.29 is 9.15 Å². The van der Waals surface area contributed by atoms with Crippen molar-refractivity contribution in [1.29, 1.82) is 0 Å². The van der Waals surface area contributed by atoms with Crippen molar-refractivity contribution in [2.24, 2.45) is 0 Å². The van der Waals surface area contributed by atoms with Gasteiger partial charge in [0, 0.05) is 30.2 Å². The number of oxazole rings is 1. The lowest BCUT2D eigenvalue weighted by Gasteiger charge is -2.20. The number of hydrogen-bond acceptors (Lipinski definition) is 5. The first-order valence-electron chi connectivity index (χ1n) is 6.15. The SMILES string of the molecule is Nc1ccc2nc(CSC3CCOCC3)oc2c1. The number of benzene rings is 1. The van der Waals surface area contributed by atoms with Crippen molar-refractivity contribution in [1.82, 2.24) is 4.98 Å². The standard InChI is InChI=1S/C13H16N2O2S/c14-9-1-2-11-12(7-9)17-13(15-11)8-18-10-3-5-16-6-4-10/h1-2,7,10H,3-6,8,14H2. The molecular formula is C13H16N2O2S. The Labute approximate surface area is 110 Å². The summed E-state index contributed by atoms with van der Waals surface area (Å²) in [4.78, 5) is 4.46. The Hall–Kier alpha value is -1.20. The van der Waals surface area contributed by atoms with E-state index < -0.39 is 0 Å². The fourth-order valence-electron chi connectivity index (χ4n) is 2.08. The van der Waals surface area contributed by atoms with Crippen molar-refractivity contribution in [2.75, 3.05) is 18.9 Å². The Bertz CT molecular complexity index is 535. The van der Waals surface area contributed by atoms with E-state index in [2.05, 4.69) is 4.98 Å². The maximum absolute atomic E-state index is 5.72. The van der Waals surface area contributed by atoms with Gasteiger partial charge in [-0.05, 0) is 25.0 Å². The van der Waals surface area contributed by atoms with Gasteiger partial charge in [0.15, 0.2) is 5.58 Å². The van der Waals surface area contributed by atoms with Crippen LogP contribution in [0, 0.1) is 0 Å². The number of nitrogens with zero attached hydrogens (tertiary/aromatic N) is 1. The van der Waals surface area contributed by atoms with E-state index in [1.165, 1.54) is 0 Å². The average Bonchev–Trinajstić information content (AvgIpc) is 2.79. The predicted octanol–water partition coefficient (Wildman–Crippen LogP) is 2.82. The Morgan fingerprint density at radius 2 is 2.17 bits per heavy atom. The molecule has 1 fully saturated rings. The molecule has 18 heavy (non-hydrogen) atoms. The number of rotatable bonds is 3. The minimum absolute atomic E-state index is 0.666. The minimum atomic E-state index is 0.666. The summed E-state index contributed by atoms with van der Waals surface area (Å²) in [5.74, 6) is 1.60. The number of anilines is 1. The Morgan fingerprint density at radius 3 is 3.00 bits per heavy atom. The number of nitrogen functional groups attached to an aromatic ring is 1. The summed E-state index contributed by atoms with van der Waals surface area (Å²) in [7, 11) is 0. The lowest BCUT2D eigenvalue weighted by Crippen LogP contribution is -2.17. The highest BCUT2D eigenvalue weighted by molar-refractivity contribution is 7.99. The fourth-order valence-corrected chi connectivity index (χ4v) is 3.11. The molecule has 2 heterocycles. The second-order valence-corrected chi connectivity index (χ2v) is 5.75. The van der Waals surface area contributed by atoms with Gasteiger partial charge in [-0.1, -0.05) is 0 Å². The smallest absolute Gasteiger partial charge is 0.205 e. The summed E-state index contributed by atoms with van der Waals surface area (Å²) >= 11 is 1.90. The molecule has 3 rings (SSSR count). The van der Waals surface area contributed by atoms with E-state index in [0.717, 1.165) is 48.8 Å². The van der Waals surface area contributed by atoms with Gasteiger partial charge < -0.3 is 14.9 Å². The molecule has 0 unspecified atom stereocenters. The van der Waals surface area contributed by atoms with Gasteiger partial charge in [0.25, 0.3) is 0 Å². The second-order valence-electron chi connectivity index (χ2n) is 4.46. The van der Waals surface area contributed by atoms with Crippen LogP contribution in [-0.4, -0.2) is 23.4 Å². The van der Waals surface area contributed by atoms with Crippen molar-refractivity contribution in [2.45, 2.75) is 23.8 Å². The largest absolute Gasteiger partial charge is 0.440 e. The normalized spacial score (nSPS) is 17.3. The van der Waals surface area contributed by atoms with E-state index in [4.69, 9.17) is 14.9 Å². The van der Waals surface area contributed by atoms with Crippen molar-refractivity contribution in [3.8, 4) is 0 Å². The first-order chi connectivity index (χ1) is 8.81. The fraction of sp³-hybridized carbons (Fsp3) is 0.462. The van der Waals surface area contributed by atoms with Crippen LogP contribution in [0.1, 0.15) is 18.7 Å². The Morgan fingerprint density at radius 1 is 1.33 bits per heavy atom. The lowest BCUT2D eigenvalue weighted by atomic mass is 10.2. The molecule has 4 nitrogen and oxygen atoms in total.